The molecular formula is C17H16O4. The standard InChI is InChI=1S/C17H16O4/c1-17(2,13-3-7-15(8-4-13)20-11-18)14-5-9-16(10-6-14)21-12-19/h3-12H,1-2H3. The van der Waals surface area contributed by atoms with Gasteiger partial charge >= 0.3 is 0 Å². The Kier molecular flexibility index (Phi) is 4.38. The average Bonchev–Trinajstić information content (AvgIpc) is 2.49. The molecule has 4 heteroatoms. The van der Waals surface area contributed by atoms with Crippen molar-refractivity contribution in [2.45, 2.75) is 19.3 Å². The highest BCUT2D eigenvalue weighted by molar-refractivity contribution is 5.48. The van der Waals surface area contributed by atoms with Crippen LogP contribution in [0.4, 0.5) is 0 Å². The Labute approximate surface area is 123 Å². The van der Waals surface area contributed by atoms with Gasteiger partial charge in [0.05, 0.1) is 0 Å². The van der Waals surface area contributed by atoms with Gasteiger partial charge in [-0.15, -0.1) is 0 Å². The molecule has 0 atom stereocenters. The van der Waals surface area contributed by atoms with Crippen LogP contribution in [-0.2, 0) is 15.0 Å². The summed E-state index contributed by atoms with van der Waals surface area (Å²) in [4.78, 5) is 20.6. The summed E-state index contributed by atoms with van der Waals surface area (Å²) in [6, 6.07) is 14.7. The van der Waals surface area contributed by atoms with E-state index in [0.717, 1.165) is 11.1 Å². The van der Waals surface area contributed by atoms with Crippen LogP contribution in [0.5, 0.6) is 11.5 Å². The fourth-order valence-corrected chi connectivity index (χ4v) is 2.18. The molecule has 2 aromatic rings. The largest absolute Gasteiger partial charge is 0.429 e. The average molecular weight is 284 g/mol. The molecule has 0 heterocycles. The summed E-state index contributed by atoms with van der Waals surface area (Å²) in [5.41, 5.74) is 1.95. The Bertz CT molecular complexity index is 557. The number of hydrogen-bond donors (Lipinski definition) is 0. The van der Waals surface area contributed by atoms with Gasteiger partial charge < -0.3 is 9.47 Å². The van der Waals surface area contributed by atoms with Gasteiger partial charge in [0.1, 0.15) is 11.5 Å². The molecule has 0 radical (unpaired) electrons. The number of carbonyl (C=O) groups is 2. The summed E-state index contributed by atoms with van der Waals surface area (Å²) in [6.07, 6.45) is 0. The predicted molar refractivity (Wildman–Crippen MR) is 78.4 cm³/mol. The monoisotopic (exact) mass is 284 g/mol. The van der Waals surface area contributed by atoms with Gasteiger partial charge in [-0.3, -0.25) is 9.59 Å². The molecule has 0 spiro atoms. The smallest absolute Gasteiger partial charge is 0.298 e. The zero-order valence-corrected chi connectivity index (χ0v) is 11.9. The Hall–Kier alpha value is -2.62. The van der Waals surface area contributed by atoms with E-state index in [0.29, 0.717) is 24.4 Å². The molecule has 0 saturated carbocycles. The van der Waals surface area contributed by atoms with E-state index in [-0.39, 0.29) is 5.41 Å². The molecule has 0 fully saturated rings. The number of rotatable bonds is 6. The van der Waals surface area contributed by atoms with Crippen LogP contribution in [0.15, 0.2) is 48.5 Å². The minimum Gasteiger partial charge on any atom is -0.429 e. The molecule has 2 rings (SSSR count). The van der Waals surface area contributed by atoms with Crippen molar-refractivity contribution in [2.75, 3.05) is 0 Å². The molecule has 0 aliphatic rings. The summed E-state index contributed by atoms with van der Waals surface area (Å²) >= 11 is 0. The SMILES string of the molecule is CC(C)(c1ccc(OC=O)cc1)c1ccc(OC=O)cc1. The molecule has 0 amide bonds. The molecular weight excluding hydrogens is 268 g/mol. The van der Waals surface area contributed by atoms with Crippen LogP contribution in [0.2, 0.25) is 0 Å². The van der Waals surface area contributed by atoms with Crippen molar-refractivity contribution in [1.82, 2.24) is 0 Å². The maximum absolute atomic E-state index is 10.3. The van der Waals surface area contributed by atoms with E-state index in [2.05, 4.69) is 13.8 Å². The van der Waals surface area contributed by atoms with E-state index in [1.165, 1.54) is 0 Å². The number of hydrogen-bond acceptors (Lipinski definition) is 4. The fraction of sp³-hybridized carbons (Fsp3) is 0.176. The molecule has 0 aliphatic heterocycles. The summed E-state index contributed by atoms with van der Waals surface area (Å²) in [6.45, 7) is 5.01. The van der Waals surface area contributed by atoms with Gasteiger partial charge in [-0.2, -0.15) is 0 Å². The minimum absolute atomic E-state index is 0.223. The number of ether oxygens (including phenoxy) is 2. The second-order valence-corrected chi connectivity index (χ2v) is 5.10. The third-order valence-electron chi connectivity index (χ3n) is 3.52. The first kappa shape index (κ1) is 14.8. The van der Waals surface area contributed by atoms with E-state index in [9.17, 15) is 9.59 Å². The lowest BCUT2D eigenvalue weighted by molar-refractivity contribution is -0.121. The maximum Gasteiger partial charge on any atom is 0.298 e. The highest BCUT2D eigenvalue weighted by atomic mass is 16.5. The highest BCUT2D eigenvalue weighted by Gasteiger charge is 2.23. The summed E-state index contributed by atoms with van der Waals surface area (Å²) in [7, 11) is 0. The van der Waals surface area contributed by atoms with Crippen LogP contribution in [0, 0.1) is 0 Å². The van der Waals surface area contributed by atoms with Gasteiger partial charge in [-0.25, -0.2) is 0 Å². The van der Waals surface area contributed by atoms with Gasteiger partial charge in [0, 0.05) is 5.41 Å². The predicted octanol–water partition coefficient (Wildman–Crippen LogP) is 3.08. The lowest BCUT2D eigenvalue weighted by Crippen LogP contribution is -2.18. The lowest BCUT2D eigenvalue weighted by Gasteiger charge is -2.26. The number of benzene rings is 2. The molecule has 0 aromatic heterocycles. The molecule has 0 unspecified atom stereocenters. The van der Waals surface area contributed by atoms with Crippen LogP contribution < -0.4 is 9.47 Å². The molecule has 0 bridgehead atoms. The normalized spacial score (nSPS) is 10.8. The first-order chi connectivity index (χ1) is 10.1. The fourth-order valence-electron chi connectivity index (χ4n) is 2.18. The van der Waals surface area contributed by atoms with Crippen LogP contribution in [0.1, 0.15) is 25.0 Å². The van der Waals surface area contributed by atoms with E-state index in [1.807, 2.05) is 24.3 Å². The van der Waals surface area contributed by atoms with Crippen molar-refractivity contribution in [3.63, 3.8) is 0 Å². The molecule has 108 valence electrons. The van der Waals surface area contributed by atoms with E-state index >= 15 is 0 Å². The topological polar surface area (TPSA) is 52.6 Å². The van der Waals surface area contributed by atoms with E-state index in [4.69, 9.17) is 9.47 Å². The second-order valence-electron chi connectivity index (χ2n) is 5.10. The minimum atomic E-state index is -0.223. The van der Waals surface area contributed by atoms with E-state index in [1.54, 1.807) is 24.3 Å². The van der Waals surface area contributed by atoms with Crippen LogP contribution in [0.25, 0.3) is 0 Å². The quantitative estimate of drug-likeness (QED) is 0.765. The Morgan fingerprint density at radius 1 is 0.714 bits per heavy atom. The van der Waals surface area contributed by atoms with Crippen molar-refractivity contribution in [3.8, 4) is 11.5 Å². The third-order valence-corrected chi connectivity index (χ3v) is 3.52. The molecule has 0 saturated heterocycles. The van der Waals surface area contributed by atoms with Crippen molar-refractivity contribution in [2.24, 2.45) is 0 Å². The van der Waals surface area contributed by atoms with Crippen molar-refractivity contribution >= 4 is 12.9 Å². The molecule has 2 aromatic carbocycles. The summed E-state index contributed by atoms with van der Waals surface area (Å²) < 4.78 is 9.58. The molecule has 4 nitrogen and oxygen atoms in total. The highest BCUT2D eigenvalue weighted by Crippen LogP contribution is 2.33. The first-order valence-corrected chi connectivity index (χ1v) is 6.49. The molecule has 0 aliphatic carbocycles. The van der Waals surface area contributed by atoms with Gasteiger partial charge in [-0.05, 0) is 35.4 Å². The van der Waals surface area contributed by atoms with Crippen LogP contribution >= 0.6 is 0 Å². The second kappa shape index (κ2) is 6.22. The van der Waals surface area contributed by atoms with Crippen molar-refractivity contribution in [3.05, 3.63) is 59.7 Å². The first-order valence-electron chi connectivity index (χ1n) is 6.49. The van der Waals surface area contributed by atoms with Gasteiger partial charge in [0.15, 0.2) is 0 Å². The maximum atomic E-state index is 10.3. The van der Waals surface area contributed by atoms with Crippen molar-refractivity contribution < 1.29 is 19.1 Å². The molecule has 0 N–H and O–H groups in total. The van der Waals surface area contributed by atoms with Gasteiger partial charge in [0.25, 0.3) is 12.9 Å². The Morgan fingerprint density at radius 2 is 1.05 bits per heavy atom. The zero-order chi connectivity index (χ0) is 15.3. The summed E-state index contributed by atoms with van der Waals surface area (Å²) in [5.74, 6) is 1.03. The zero-order valence-electron chi connectivity index (χ0n) is 11.9. The van der Waals surface area contributed by atoms with Crippen LogP contribution in [-0.4, -0.2) is 12.9 Å². The van der Waals surface area contributed by atoms with Crippen LogP contribution in [0.3, 0.4) is 0 Å². The van der Waals surface area contributed by atoms with E-state index < -0.39 is 0 Å². The third kappa shape index (κ3) is 3.28. The van der Waals surface area contributed by atoms with Gasteiger partial charge in [-0.1, -0.05) is 38.1 Å². The molecule has 21 heavy (non-hydrogen) atoms. The lowest BCUT2D eigenvalue weighted by atomic mass is 9.78. The Morgan fingerprint density at radius 3 is 1.33 bits per heavy atom. The Balaban J connectivity index is 2.27. The van der Waals surface area contributed by atoms with Gasteiger partial charge in [0.2, 0.25) is 0 Å². The number of carbonyl (C=O) groups excluding carboxylic acids is 2. The summed E-state index contributed by atoms with van der Waals surface area (Å²) in [5, 5.41) is 0. The van der Waals surface area contributed by atoms with Crippen molar-refractivity contribution in [1.29, 1.82) is 0 Å².